The first-order chi connectivity index (χ1) is 12.1. The molecule has 0 saturated heterocycles. The summed E-state index contributed by atoms with van der Waals surface area (Å²) in [6.45, 7) is 2.01. The number of nitrogens with zero attached hydrogens (tertiary/aromatic N) is 3. The van der Waals surface area contributed by atoms with E-state index in [4.69, 9.17) is 4.52 Å². The van der Waals surface area contributed by atoms with Gasteiger partial charge in [0.15, 0.2) is 0 Å². The molecule has 25 heavy (non-hydrogen) atoms. The van der Waals surface area contributed by atoms with Crippen molar-refractivity contribution in [3.63, 3.8) is 0 Å². The van der Waals surface area contributed by atoms with Crippen LogP contribution in [0.15, 0.2) is 29.0 Å². The third-order valence-corrected chi connectivity index (χ3v) is 4.46. The Morgan fingerprint density at radius 3 is 2.76 bits per heavy atom. The molecule has 1 unspecified atom stereocenters. The smallest absolute Gasteiger partial charge is 0.315 e. The van der Waals surface area contributed by atoms with Crippen LogP contribution in [0.25, 0.3) is 11.4 Å². The van der Waals surface area contributed by atoms with Crippen LogP contribution in [-0.4, -0.2) is 38.4 Å². The fourth-order valence-corrected chi connectivity index (χ4v) is 2.97. The van der Waals surface area contributed by atoms with Gasteiger partial charge in [0.05, 0.1) is 5.60 Å². The first-order valence-corrected chi connectivity index (χ1v) is 8.56. The maximum Gasteiger partial charge on any atom is 0.315 e. The maximum atomic E-state index is 12.1. The molecule has 2 amide bonds. The van der Waals surface area contributed by atoms with Crippen molar-refractivity contribution in [3.8, 4) is 11.4 Å². The van der Waals surface area contributed by atoms with E-state index in [1.165, 1.54) is 0 Å². The highest BCUT2D eigenvalue weighted by molar-refractivity contribution is 5.74. The van der Waals surface area contributed by atoms with Gasteiger partial charge in [0.2, 0.25) is 11.7 Å². The molecule has 8 heteroatoms. The number of carbonyl (C=O) groups excluding carboxylic acids is 1. The Morgan fingerprint density at radius 2 is 2.04 bits per heavy atom. The van der Waals surface area contributed by atoms with Crippen LogP contribution in [0.5, 0.6) is 0 Å². The molecule has 0 radical (unpaired) electrons. The van der Waals surface area contributed by atoms with Gasteiger partial charge < -0.3 is 20.3 Å². The molecule has 134 valence electrons. The molecule has 1 atom stereocenters. The van der Waals surface area contributed by atoms with E-state index in [2.05, 4.69) is 25.8 Å². The molecule has 0 aliphatic heterocycles. The van der Waals surface area contributed by atoms with Gasteiger partial charge >= 0.3 is 6.03 Å². The van der Waals surface area contributed by atoms with Crippen molar-refractivity contribution in [3.05, 3.63) is 30.4 Å². The van der Waals surface area contributed by atoms with E-state index in [0.717, 1.165) is 37.7 Å². The van der Waals surface area contributed by atoms with E-state index in [1.54, 1.807) is 31.5 Å². The summed E-state index contributed by atoms with van der Waals surface area (Å²) in [6.07, 6.45) is 7.88. The Hall–Kier alpha value is -2.48. The van der Waals surface area contributed by atoms with Crippen LogP contribution in [0.2, 0.25) is 0 Å². The number of rotatable bonds is 5. The van der Waals surface area contributed by atoms with Crippen LogP contribution in [0, 0.1) is 0 Å². The lowest BCUT2D eigenvalue weighted by Crippen LogP contribution is -2.47. The monoisotopic (exact) mass is 345 g/mol. The first kappa shape index (κ1) is 17.3. The summed E-state index contributed by atoms with van der Waals surface area (Å²) in [7, 11) is 0. The summed E-state index contributed by atoms with van der Waals surface area (Å²) in [5.74, 6) is 0.765. The molecule has 2 heterocycles. The van der Waals surface area contributed by atoms with Gasteiger partial charge in [0, 0.05) is 24.5 Å². The van der Waals surface area contributed by atoms with Gasteiger partial charge in [-0.15, -0.1) is 0 Å². The second-order valence-corrected chi connectivity index (χ2v) is 6.53. The van der Waals surface area contributed by atoms with Crippen LogP contribution in [0.3, 0.4) is 0 Å². The molecular weight excluding hydrogens is 322 g/mol. The Morgan fingerprint density at radius 1 is 1.32 bits per heavy atom. The summed E-state index contributed by atoms with van der Waals surface area (Å²) >= 11 is 0. The van der Waals surface area contributed by atoms with Crippen molar-refractivity contribution in [2.24, 2.45) is 0 Å². The molecule has 2 aromatic heterocycles. The molecule has 0 spiro atoms. The number of nitrogens with one attached hydrogen (secondary N) is 2. The van der Waals surface area contributed by atoms with Gasteiger partial charge in [-0.25, -0.2) is 4.79 Å². The lowest BCUT2D eigenvalue weighted by Gasteiger charge is -2.32. The zero-order chi connectivity index (χ0) is 17.7. The van der Waals surface area contributed by atoms with Crippen molar-refractivity contribution in [2.45, 2.75) is 50.7 Å². The minimum atomic E-state index is -0.794. The lowest BCUT2D eigenvalue weighted by molar-refractivity contribution is 0.00712. The Balaban J connectivity index is 1.52. The van der Waals surface area contributed by atoms with E-state index < -0.39 is 11.6 Å². The van der Waals surface area contributed by atoms with E-state index in [9.17, 15) is 9.90 Å². The molecule has 3 rings (SSSR count). The second kappa shape index (κ2) is 7.60. The largest absolute Gasteiger partial charge is 0.388 e. The molecular formula is C17H23N5O3. The number of pyridine rings is 1. The third-order valence-electron chi connectivity index (χ3n) is 4.46. The maximum absolute atomic E-state index is 12.1. The summed E-state index contributed by atoms with van der Waals surface area (Å²) in [5, 5.41) is 19.8. The molecule has 1 aliphatic rings. The number of hydrogen-bond donors (Lipinski definition) is 3. The first-order valence-electron chi connectivity index (χ1n) is 8.56. The Kier molecular flexibility index (Phi) is 5.28. The topological polar surface area (TPSA) is 113 Å². The van der Waals surface area contributed by atoms with Gasteiger partial charge in [-0.3, -0.25) is 4.98 Å². The van der Waals surface area contributed by atoms with Crippen molar-refractivity contribution in [2.75, 3.05) is 6.54 Å². The predicted octanol–water partition coefficient (Wildman–Crippen LogP) is 2.19. The normalized spacial score (nSPS) is 17.7. The van der Waals surface area contributed by atoms with Crippen LogP contribution >= 0.6 is 0 Å². The van der Waals surface area contributed by atoms with E-state index >= 15 is 0 Å². The van der Waals surface area contributed by atoms with Crippen molar-refractivity contribution in [1.29, 1.82) is 0 Å². The van der Waals surface area contributed by atoms with Crippen molar-refractivity contribution >= 4 is 6.03 Å². The number of amides is 2. The average Bonchev–Trinajstić information content (AvgIpc) is 3.12. The standard InChI is InChI=1S/C17H23N5O3/c1-12(15-21-14(22-25-15)13-5-9-18-10-6-13)20-16(23)19-11-17(24)7-3-2-4-8-17/h5-6,9-10,12,24H,2-4,7-8,11H2,1H3,(H2,19,20,23). The molecule has 8 nitrogen and oxygen atoms in total. The number of aliphatic hydroxyl groups is 1. The molecule has 0 bridgehead atoms. The zero-order valence-corrected chi connectivity index (χ0v) is 14.2. The predicted molar refractivity (Wildman–Crippen MR) is 90.5 cm³/mol. The van der Waals surface area contributed by atoms with E-state index in [1.807, 2.05) is 0 Å². The molecule has 0 aromatic carbocycles. The minimum absolute atomic E-state index is 0.248. The van der Waals surface area contributed by atoms with Crippen molar-refractivity contribution in [1.82, 2.24) is 25.8 Å². The molecule has 1 saturated carbocycles. The molecule has 3 N–H and O–H groups in total. The third kappa shape index (κ3) is 4.54. The molecule has 1 aliphatic carbocycles. The number of carbonyl (C=O) groups is 1. The minimum Gasteiger partial charge on any atom is -0.388 e. The van der Waals surface area contributed by atoms with Gasteiger partial charge in [0.25, 0.3) is 0 Å². The quantitative estimate of drug-likeness (QED) is 0.765. The molecule has 1 fully saturated rings. The number of aromatic nitrogens is 3. The average molecular weight is 345 g/mol. The zero-order valence-electron chi connectivity index (χ0n) is 14.2. The summed E-state index contributed by atoms with van der Waals surface area (Å²) in [4.78, 5) is 20.3. The highest BCUT2D eigenvalue weighted by Gasteiger charge is 2.29. The second-order valence-electron chi connectivity index (χ2n) is 6.53. The Bertz CT molecular complexity index is 697. The van der Waals surface area contributed by atoms with Gasteiger partial charge in [-0.2, -0.15) is 4.98 Å². The van der Waals surface area contributed by atoms with Crippen LogP contribution in [0.1, 0.15) is 51.0 Å². The highest BCUT2D eigenvalue weighted by Crippen LogP contribution is 2.27. The van der Waals surface area contributed by atoms with Gasteiger partial charge in [-0.1, -0.05) is 24.4 Å². The fraction of sp³-hybridized carbons (Fsp3) is 0.529. The van der Waals surface area contributed by atoms with Crippen LogP contribution in [0.4, 0.5) is 4.79 Å². The van der Waals surface area contributed by atoms with Crippen LogP contribution < -0.4 is 10.6 Å². The van der Waals surface area contributed by atoms with Crippen molar-refractivity contribution < 1.29 is 14.4 Å². The number of urea groups is 1. The van der Waals surface area contributed by atoms with E-state index in [-0.39, 0.29) is 12.6 Å². The van der Waals surface area contributed by atoms with E-state index in [0.29, 0.717) is 11.7 Å². The lowest BCUT2D eigenvalue weighted by atomic mass is 9.85. The van der Waals surface area contributed by atoms with Gasteiger partial charge in [-0.05, 0) is 31.9 Å². The van der Waals surface area contributed by atoms with Crippen LogP contribution in [-0.2, 0) is 0 Å². The summed E-state index contributed by atoms with van der Waals surface area (Å²) in [6, 6.07) is 2.76. The SMILES string of the molecule is CC(NC(=O)NCC1(O)CCCCC1)c1nc(-c2ccncc2)no1. The van der Waals surface area contributed by atoms with Gasteiger partial charge in [0.1, 0.15) is 6.04 Å². The summed E-state index contributed by atoms with van der Waals surface area (Å²) < 4.78 is 5.22. The Labute approximate surface area is 146 Å². The molecule has 2 aromatic rings. The highest BCUT2D eigenvalue weighted by atomic mass is 16.5. The summed E-state index contributed by atoms with van der Waals surface area (Å²) in [5.41, 5.74) is -0.00107. The fourth-order valence-electron chi connectivity index (χ4n) is 2.97. The number of hydrogen-bond acceptors (Lipinski definition) is 6.